The molecule has 1 amide bonds. The van der Waals surface area contributed by atoms with Crippen LogP contribution >= 0.6 is 0 Å². The van der Waals surface area contributed by atoms with Crippen molar-refractivity contribution < 1.29 is 9.53 Å². The van der Waals surface area contributed by atoms with Crippen molar-refractivity contribution in [3.8, 4) is 17.0 Å². The Balaban J connectivity index is 1.33. The maximum atomic E-state index is 13.0. The predicted octanol–water partition coefficient (Wildman–Crippen LogP) is 5.13. The van der Waals surface area contributed by atoms with Crippen LogP contribution in [0.2, 0.25) is 0 Å². The summed E-state index contributed by atoms with van der Waals surface area (Å²) >= 11 is 0. The van der Waals surface area contributed by atoms with Crippen molar-refractivity contribution in [2.45, 2.75) is 33.1 Å². The number of aromatic nitrogens is 3. The molecule has 1 N–H and O–H groups in total. The molecule has 7 nitrogen and oxygen atoms in total. The van der Waals surface area contributed by atoms with Crippen molar-refractivity contribution in [2.24, 2.45) is 5.92 Å². The highest BCUT2D eigenvalue weighted by Gasteiger charge is 2.27. The fourth-order valence-electron chi connectivity index (χ4n) is 4.76. The lowest BCUT2D eigenvalue weighted by molar-refractivity contribution is -0.120. The van der Waals surface area contributed by atoms with Crippen LogP contribution in [0.4, 0.5) is 11.5 Å². The number of amides is 1. The first kappa shape index (κ1) is 22.9. The van der Waals surface area contributed by atoms with E-state index in [0.717, 1.165) is 72.2 Å². The van der Waals surface area contributed by atoms with Gasteiger partial charge in [0, 0.05) is 48.1 Å². The SMILES string of the molecule is CCc1ccccc1NC(=O)C1CCN(c2cc(C)nc3cc(-c4ccc(OC)cc4)nn23)CC1. The summed E-state index contributed by atoms with van der Waals surface area (Å²) in [5.74, 6) is 1.95. The minimum absolute atomic E-state index is 0.00192. The largest absolute Gasteiger partial charge is 0.497 e. The Bertz CT molecular complexity index is 1340. The monoisotopic (exact) mass is 469 g/mol. The Hall–Kier alpha value is -3.87. The number of hydrogen-bond acceptors (Lipinski definition) is 5. The van der Waals surface area contributed by atoms with Crippen molar-refractivity contribution in [3.63, 3.8) is 0 Å². The molecule has 3 heterocycles. The van der Waals surface area contributed by atoms with Crippen LogP contribution in [0.1, 0.15) is 31.0 Å². The molecule has 35 heavy (non-hydrogen) atoms. The molecule has 5 rings (SSSR count). The summed E-state index contributed by atoms with van der Waals surface area (Å²) in [5.41, 5.74) is 5.75. The number of anilines is 2. The summed E-state index contributed by atoms with van der Waals surface area (Å²) in [4.78, 5) is 20.0. The van der Waals surface area contributed by atoms with E-state index in [-0.39, 0.29) is 11.8 Å². The Morgan fingerprint density at radius 3 is 2.54 bits per heavy atom. The van der Waals surface area contributed by atoms with Crippen molar-refractivity contribution in [1.29, 1.82) is 0 Å². The van der Waals surface area contributed by atoms with Crippen LogP contribution in [-0.4, -0.2) is 40.7 Å². The van der Waals surface area contributed by atoms with Crippen LogP contribution in [-0.2, 0) is 11.2 Å². The highest BCUT2D eigenvalue weighted by Crippen LogP contribution is 2.28. The van der Waals surface area contributed by atoms with Gasteiger partial charge < -0.3 is 15.0 Å². The number of fused-ring (bicyclic) bond motifs is 1. The van der Waals surface area contributed by atoms with Gasteiger partial charge in [0.05, 0.1) is 12.8 Å². The quantitative estimate of drug-likeness (QED) is 0.424. The minimum Gasteiger partial charge on any atom is -0.497 e. The third-order valence-electron chi connectivity index (χ3n) is 6.77. The van der Waals surface area contributed by atoms with Crippen LogP contribution in [0.15, 0.2) is 60.7 Å². The Labute approximate surface area is 205 Å². The molecule has 1 fully saturated rings. The van der Waals surface area contributed by atoms with Gasteiger partial charge in [0.25, 0.3) is 0 Å². The summed E-state index contributed by atoms with van der Waals surface area (Å²) in [6, 6.07) is 20.0. The van der Waals surface area contributed by atoms with Gasteiger partial charge in [-0.1, -0.05) is 25.1 Å². The number of piperidine rings is 1. The average molecular weight is 470 g/mol. The maximum Gasteiger partial charge on any atom is 0.227 e. The van der Waals surface area contributed by atoms with Crippen molar-refractivity contribution in [3.05, 3.63) is 71.9 Å². The number of rotatable bonds is 6. The van der Waals surface area contributed by atoms with Gasteiger partial charge in [0.15, 0.2) is 5.65 Å². The molecule has 7 heteroatoms. The first-order valence-electron chi connectivity index (χ1n) is 12.2. The Morgan fingerprint density at radius 1 is 1.09 bits per heavy atom. The maximum absolute atomic E-state index is 13.0. The third-order valence-corrected chi connectivity index (χ3v) is 6.77. The summed E-state index contributed by atoms with van der Waals surface area (Å²) in [7, 11) is 1.66. The van der Waals surface area contributed by atoms with E-state index in [1.165, 1.54) is 5.56 Å². The zero-order chi connectivity index (χ0) is 24.4. The topological polar surface area (TPSA) is 71.8 Å². The van der Waals surface area contributed by atoms with Crippen LogP contribution in [0.3, 0.4) is 0 Å². The first-order valence-corrected chi connectivity index (χ1v) is 12.2. The molecule has 1 aliphatic heterocycles. The van der Waals surface area contributed by atoms with E-state index in [9.17, 15) is 4.79 Å². The number of benzene rings is 2. The van der Waals surface area contributed by atoms with Crippen molar-refractivity contribution >= 4 is 23.1 Å². The van der Waals surface area contributed by atoms with Gasteiger partial charge in [-0.3, -0.25) is 4.79 Å². The molecule has 0 radical (unpaired) electrons. The molecule has 1 saturated heterocycles. The molecular formula is C28H31N5O2. The highest BCUT2D eigenvalue weighted by atomic mass is 16.5. The van der Waals surface area contributed by atoms with Gasteiger partial charge in [0.1, 0.15) is 11.6 Å². The number of nitrogens with zero attached hydrogens (tertiary/aromatic N) is 4. The number of nitrogens with one attached hydrogen (secondary N) is 1. The second-order valence-corrected chi connectivity index (χ2v) is 9.05. The molecule has 0 atom stereocenters. The molecule has 1 aliphatic rings. The molecule has 0 unspecified atom stereocenters. The van der Waals surface area contributed by atoms with Crippen molar-refractivity contribution in [2.75, 3.05) is 30.4 Å². The molecular weight excluding hydrogens is 438 g/mol. The number of carbonyl (C=O) groups is 1. The van der Waals surface area contributed by atoms with Crippen LogP contribution < -0.4 is 15.0 Å². The van der Waals surface area contributed by atoms with E-state index in [1.807, 2.05) is 60.0 Å². The molecule has 0 saturated carbocycles. The number of carbonyl (C=O) groups excluding carboxylic acids is 1. The van der Waals surface area contributed by atoms with E-state index < -0.39 is 0 Å². The molecule has 2 aromatic heterocycles. The summed E-state index contributed by atoms with van der Waals surface area (Å²) in [6.45, 7) is 5.71. The Morgan fingerprint density at radius 2 is 1.83 bits per heavy atom. The third kappa shape index (κ3) is 4.71. The van der Waals surface area contributed by atoms with Crippen LogP contribution in [0.5, 0.6) is 5.75 Å². The van der Waals surface area contributed by atoms with Gasteiger partial charge in [-0.25, -0.2) is 4.98 Å². The number of methoxy groups -OCH3 is 1. The average Bonchev–Trinajstić information content (AvgIpc) is 3.32. The lowest BCUT2D eigenvalue weighted by Crippen LogP contribution is -2.39. The first-order chi connectivity index (χ1) is 17.1. The van der Waals surface area contributed by atoms with Crippen LogP contribution in [0, 0.1) is 12.8 Å². The van der Waals surface area contributed by atoms with E-state index in [1.54, 1.807) is 7.11 Å². The number of aryl methyl sites for hydroxylation is 2. The number of para-hydroxylation sites is 1. The van der Waals surface area contributed by atoms with Gasteiger partial charge >= 0.3 is 0 Å². The van der Waals surface area contributed by atoms with Gasteiger partial charge in [0.2, 0.25) is 5.91 Å². The number of ether oxygens (including phenoxy) is 1. The molecule has 0 aliphatic carbocycles. The molecule has 180 valence electrons. The molecule has 0 bridgehead atoms. The standard InChI is InChI=1S/C28H31N5O2/c1-4-20-7-5-6-8-24(20)30-28(34)22-13-15-32(16-14-22)27-17-19(2)29-26-18-25(31-33(26)27)21-9-11-23(35-3)12-10-21/h5-12,17-18,22H,4,13-16H2,1-3H3,(H,30,34). The number of hydrogen-bond donors (Lipinski definition) is 1. The smallest absolute Gasteiger partial charge is 0.227 e. The summed E-state index contributed by atoms with van der Waals surface area (Å²) < 4.78 is 7.20. The van der Waals surface area contributed by atoms with Crippen molar-refractivity contribution in [1.82, 2.24) is 14.6 Å². The second-order valence-electron chi connectivity index (χ2n) is 9.05. The van der Waals surface area contributed by atoms with Gasteiger partial charge in [-0.05, 0) is 62.1 Å². The lowest BCUT2D eigenvalue weighted by atomic mass is 9.95. The fraction of sp³-hybridized carbons (Fsp3) is 0.321. The van der Waals surface area contributed by atoms with Gasteiger partial charge in [-0.2, -0.15) is 9.61 Å². The summed E-state index contributed by atoms with van der Waals surface area (Å²) in [5, 5.41) is 8.04. The van der Waals surface area contributed by atoms with Crippen LogP contribution in [0.25, 0.3) is 16.9 Å². The van der Waals surface area contributed by atoms with Gasteiger partial charge in [-0.15, -0.1) is 0 Å². The second kappa shape index (κ2) is 9.78. The molecule has 2 aromatic carbocycles. The normalized spacial score (nSPS) is 14.3. The van der Waals surface area contributed by atoms with E-state index >= 15 is 0 Å². The predicted molar refractivity (Wildman–Crippen MR) is 139 cm³/mol. The fourth-order valence-corrected chi connectivity index (χ4v) is 4.76. The van der Waals surface area contributed by atoms with E-state index in [0.29, 0.717) is 0 Å². The molecule has 0 spiro atoms. The lowest BCUT2D eigenvalue weighted by Gasteiger charge is -2.33. The Kier molecular flexibility index (Phi) is 6.40. The summed E-state index contributed by atoms with van der Waals surface area (Å²) in [6.07, 6.45) is 2.50. The molecule has 4 aromatic rings. The van der Waals surface area contributed by atoms with E-state index in [2.05, 4.69) is 29.3 Å². The zero-order valence-corrected chi connectivity index (χ0v) is 20.5. The van der Waals surface area contributed by atoms with E-state index in [4.69, 9.17) is 14.8 Å². The highest BCUT2D eigenvalue weighted by molar-refractivity contribution is 5.93. The zero-order valence-electron chi connectivity index (χ0n) is 20.5. The minimum atomic E-state index is 0.00192.